The summed E-state index contributed by atoms with van der Waals surface area (Å²) in [4.78, 5) is 25.1. The number of carbonyl (C=O) groups is 1. The molecule has 11 nitrogen and oxygen atoms in total. The molecule has 0 radical (unpaired) electrons. The number of methoxy groups -OCH3 is 3. The molecule has 1 aliphatic heterocycles. The van der Waals surface area contributed by atoms with Gasteiger partial charge in [-0.3, -0.25) is 4.79 Å². The Bertz CT molecular complexity index is 1270. The SMILES string of the molecule is COc1cc(Nc2ncc(F)c(Nc3ccc4c(n3)NC(=O)C3(CC3)CO4)n2)cc(OC)c1OC. The van der Waals surface area contributed by atoms with Crippen molar-refractivity contribution < 1.29 is 28.1 Å². The second kappa shape index (κ2) is 8.78. The van der Waals surface area contributed by atoms with E-state index in [0.717, 1.165) is 19.0 Å². The van der Waals surface area contributed by atoms with Gasteiger partial charge in [-0.25, -0.2) is 14.4 Å². The summed E-state index contributed by atoms with van der Waals surface area (Å²) in [6.07, 6.45) is 2.60. The summed E-state index contributed by atoms with van der Waals surface area (Å²) in [5.74, 6) is 1.50. The highest BCUT2D eigenvalue weighted by Gasteiger charge is 2.52. The van der Waals surface area contributed by atoms with Gasteiger partial charge < -0.3 is 34.9 Å². The van der Waals surface area contributed by atoms with Gasteiger partial charge in [0, 0.05) is 17.8 Å². The van der Waals surface area contributed by atoms with Crippen molar-refractivity contribution in [3.05, 3.63) is 36.3 Å². The Morgan fingerprint density at radius 1 is 1.06 bits per heavy atom. The number of hydrogen-bond acceptors (Lipinski definition) is 10. The minimum Gasteiger partial charge on any atom is -0.493 e. The van der Waals surface area contributed by atoms with Crippen molar-refractivity contribution in [3.63, 3.8) is 0 Å². The van der Waals surface area contributed by atoms with Crippen LogP contribution in [0.2, 0.25) is 0 Å². The van der Waals surface area contributed by atoms with E-state index in [2.05, 4.69) is 30.9 Å². The highest BCUT2D eigenvalue weighted by molar-refractivity contribution is 5.98. The van der Waals surface area contributed by atoms with E-state index >= 15 is 0 Å². The maximum Gasteiger partial charge on any atom is 0.235 e. The molecule has 1 aromatic carbocycles. The molecular formula is C23H23FN6O5. The Hall–Kier alpha value is -4.35. The minimum absolute atomic E-state index is 0.109. The number of ether oxygens (including phenoxy) is 4. The van der Waals surface area contributed by atoms with Crippen LogP contribution in [0.4, 0.5) is 33.5 Å². The molecule has 3 N–H and O–H groups in total. The molecular weight excluding hydrogens is 459 g/mol. The molecule has 1 spiro atoms. The first-order valence-electron chi connectivity index (χ1n) is 10.8. The fourth-order valence-corrected chi connectivity index (χ4v) is 3.68. The van der Waals surface area contributed by atoms with Gasteiger partial charge in [-0.15, -0.1) is 0 Å². The van der Waals surface area contributed by atoms with E-state index in [1.807, 2.05) is 0 Å². The second-order valence-corrected chi connectivity index (χ2v) is 8.12. The van der Waals surface area contributed by atoms with E-state index in [1.165, 1.54) is 21.3 Å². The van der Waals surface area contributed by atoms with Crippen LogP contribution in [0.15, 0.2) is 30.5 Å². The smallest absolute Gasteiger partial charge is 0.235 e. The van der Waals surface area contributed by atoms with E-state index in [9.17, 15) is 9.18 Å². The fourth-order valence-electron chi connectivity index (χ4n) is 3.68. The molecule has 5 rings (SSSR count). The number of hydrogen-bond donors (Lipinski definition) is 3. The molecule has 1 fully saturated rings. The van der Waals surface area contributed by atoms with Crippen LogP contribution < -0.4 is 34.9 Å². The van der Waals surface area contributed by atoms with Gasteiger partial charge in [-0.1, -0.05) is 0 Å². The predicted molar refractivity (Wildman–Crippen MR) is 125 cm³/mol. The Morgan fingerprint density at radius 2 is 1.80 bits per heavy atom. The molecule has 0 saturated heterocycles. The first-order valence-corrected chi connectivity index (χ1v) is 10.8. The number of pyridine rings is 1. The van der Waals surface area contributed by atoms with Gasteiger partial charge in [0.05, 0.1) is 32.9 Å². The Kier molecular flexibility index (Phi) is 5.63. The Balaban J connectivity index is 1.38. The van der Waals surface area contributed by atoms with Crippen molar-refractivity contribution in [2.24, 2.45) is 5.41 Å². The number of fused-ring (bicyclic) bond motifs is 1. The molecule has 2 aliphatic rings. The predicted octanol–water partition coefficient (Wildman–Crippen LogP) is 3.63. The molecule has 182 valence electrons. The molecule has 0 atom stereocenters. The topological polar surface area (TPSA) is 129 Å². The van der Waals surface area contributed by atoms with Crippen molar-refractivity contribution in [2.75, 3.05) is 43.9 Å². The first-order chi connectivity index (χ1) is 16.9. The van der Waals surface area contributed by atoms with E-state index in [0.29, 0.717) is 35.3 Å². The van der Waals surface area contributed by atoms with Crippen LogP contribution in [-0.2, 0) is 4.79 Å². The standard InChI is InChI=1S/C23H23FN6O5/c1-32-15-8-12(9-16(33-2)18(15)34-3)26-22-25-10-13(24)19(30-22)27-17-5-4-14-20(28-17)29-21(31)23(6-7-23)11-35-14/h4-5,8-10H,6-7,11H2,1-3H3,(H3,25,26,27,28,29,30,31). The van der Waals surface area contributed by atoms with Crippen LogP contribution in [0.1, 0.15) is 12.8 Å². The van der Waals surface area contributed by atoms with Crippen LogP contribution in [0.3, 0.4) is 0 Å². The summed E-state index contributed by atoms with van der Waals surface area (Å²) in [5.41, 5.74) is 0.0644. The van der Waals surface area contributed by atoms with E-state index in [-0.39, 0.29) is 29.3 Å². The zero-order valence-electron chi connectivity index (χ0n) is 19.3. The van der Waals surface area contributed by atoms with Crippen molar-refractivity contribution >= 4 is 35.0 Å². The quantitative estimate of drug-likeness (QED) is 0.459. The monoisotopic (exact) mass is 482 g/mol. The van der Waals surface area contributed by atoms with Gasteiger partial charge in [-0.2, -0.15) is 4.98 Å². The first kappa shape index (κ1) is 22.4. The lowest BCUT2D eigenvalue weighted by Gasteiger charge is -2.15. The van der Waals surface area contributed by atoms with Crippen LogP contribution in [0, 0.1) is 11.2 Å². The number of carbonyl (C=O) groups excluding carboxylic acids is 1. The van der Waals surface area contributed by atoms with E-state index in [4.69, 9.17) is 18.9 Å². The molecule has 1 saturated carbocycles. The van der Waals surface area contributed by atoms with E-state index in [1.54, 1.807) is 24.3 Å². The molecule has 1 aliphatic carbocycles. The highest BCUT2D eigenvalue weighted by Crippen LogP contribution is 2.49. The van der Waals surface area contributed by atoms with Gasteiger partial charge in [-0.05, 0) is 25.0 Å². The Labute approximate surface area is 200 Å². The zero-order chi connectivity index (χ0) is 24.6. The molecule has 35 heavy (non-hydrogen) atoms. The van der Waals surface area contributed by atoms with Crippen LogP contribution in [0.5, 0.6) is 23.0 Å². The van der Waals surface area contributed by atoms with Crippen molar-refractivity contribution in [1.82, 2.24) is 15.0 Å². The normalized spacial score (nSPS) is 15.3. The summed E-state index contributed by atoms with van der Waals surface area (Å²) < 4.78 is 36.3. The number of benzene rings is 1. The second-order valence-electron chi connectivity index (χ2n) is 8.12. The summed E-state index contributed by atoms with van der Waals surface area (Å²) >= 11 is 0. The number of nitrogens with one attached hydrogen (secondary N) is 3. The zero-order valence-corrected chi connectivity index (χ0v) is 19.3. The maximum absolute atomic E-state index is 14.5. The molecule has 0 bridgehead atoms. The lowest BCUT2D eigenvalue weighted by atomic mass is 10.1. The van der Waals surface area contributed by atoms with E-state index < -0.39 is 11.2 Å². The minimum atomic E-state index is -0.686. The Morgan fingerprint density at radius 3 is 2.46 bits per heavy atom. The third-order valence-electron chi connectivity index (χ3n) is 5.84. The van der Waals surface area contributed by atoms with Gasteiger partial charge in [0.15, 0.2) is 34.7 Å². The molecule has 0 unspecified atom stereocenters. The molecule has 1 amide bonds. The average Bonchev–Trinajstić information content (AvgIpc) is 3.67. The number of amides is 1. The van der Waals surface area contributed by atoms with Crippen LogP contribution >= 0.6 is 0 Å². The maximum atomic E-state index is 14.5. The summed E-state index contributed by atoms with van der Waals surface area (Å²) in [6.45, 7) is 0.316. The fraction of sp³-hybridized carbons (Fsp3) is 0.304. The summed E-state index contributed by atoms with van der Waals surface area (Å²) in [6, 6.07) is 6.62. The number of halogens is 1. The number of anilines is 5. The molecule has 2 aromatic heterocycles. The summed E-state index contributed by atoms with van der Waals surface area (Å²) in [7, 11) is 4.51. The summed E-state index contributed by atoms with van der Waals surface area (Å²) in [5, 5.41) is 8.63. The van der Waals surface area contributed by atoms with Gasteiger partial charge in [0.1, 0.15) is 12.4 Å². The number of aromatic nitrogens is 3. The lowest BCUT2D eigenvalue weighted by molar-refractivity contribution is -0.121. The average molecular weight is 482 g/mol. The molecule has 3 heterocycles. The van der Waals surface area contributed by atoms with Crippen LogP contribution in [0.25, 0.3) is 0 Å². The lowest BCUT2D eigenvalue weighted by Crippen LogP contribution is -2.26. The number of nitrogens with zero attached hydrogens (tertiary/aromatic N) is 3. The number of rotatable bonds is 7. The van der Waals surface area contributed by atoms with Crippen LogP contribution in [-0.4, -0.2) is 48.8 Å². The van der Waals surface area contributed by atoms with Gasteiger partial charge in [0.2, 0.25) is 17.6 Å². The molecule has 12 heteroatoms. The van der Waals surface area contributed by atoms with Crippen molar-refractivity contribution in [3.8, 4) is 23.0 Å². The third kappa shape index (κ3) is 4.29. The van der Waals surface area contributed by atoms with Gasteiger partial charge in [0.25, 0.3) is 0 Å². The largest absolute Gasteiger partial charge is 0.493 e. The third-order valence-corrected chi connectivity index (χ3v) is 5.84. The van der Waals surface area contributed by atoms with Crippen molar-refractivity contribution in [2.45, 2.75) is 12.8 Å². The highest BCUT2D eigenvalue weighted by atomic mass is 19.1. The van der Waals surface area contributed by atoms with Gasteiger partial charge >= 0.3 is 0 Å². The molecule has 3 aromatic rings. The van der Waals surface area contributed by atoms with Crippen molar-refractivity contribution in [1.29, 1.82) is 0 Å².